The third-order valence-corrected chi connectivity index (χ3v) is 5.80. The van der Waals surface area contributed by atoms with Gasteiger partial charge in [0.05, 0.1) is 16.3 Å². The summed E-state index contributed by atoms with van der Waals surface area (Å²) in [6.45, 7) is 5.51. The molecule has 30 heavy (non-hydrogen) atoms. The van der Waals surface area contributed by atoms with Crippen LogP contribution in [0, 0.1) is 13.8 Å². The van der Waals surface area contributed by atoms with E-state index in [2.05, 4.69) is 20.2 Å². The lowest BCUT2D eigenvalue weighted by atomic mass is 10.1. The highest BCUT2D eigenvalue weighted by atomic mass is 32.2. The molecule has 0 spiro atoms. The van der Waals surface area contributed by atoms with Crippen molar-refractivity contribution in [2.45, 2.75) is 25.7 Å². The number of amides is 1. The number of anilines is 1. The number of nitrogens with zero attached hydrogens (tertiary/aromatic N) is 2. The molecule has 0 saturated carbocycles. The molecule has 0 fully saturated rings. The van der Waals surface area contributed by atoms with Gasteiger partial charge in [0.15, 0.2) is 0 Å². The van der Waals surface area contributed by atoms with Crippen LogP contribution in [0.15, 0.2) is 77.0 Å². The Hall–Kier alpha value is -3.52. The number of rotatable bonds is 6. The lowest BCUT2D eigenvalue weighted by Crippen LogP contribution is -2.20. The van der Waals surface area contributed by atoms with Crippen LogP contribution >= 0.6 is 0 Å². The van der Waals surface area contributed by atoms with E-state index in [0.29, 0.717) is 11.4 Å². The van der Waals surface area contributed by atoms with Gasteiger partial charge in [-0.3, -0.25) is 14.5 Å². The molecule has 1 aromatic heterocycles. The van der Waals surface area contributed by atoms with Crippen LogP contribution in [-0.2, 0) is 10.0 Å². The topological polar surface area (TPSA) is 101 Å². The van der Waals surface area contributed by atoms with Crippen molar-refractivity contribution >= 4 is 27.3 Å². The van der Waals surface area contributed by atoms with E-state index in [-0.39, 0.29) is 10.5 Å². The molecule has 154 valence electrons. The molecule has 0 bridgehead atoms. The summed E-state index contributed by atoms with van der Waals surface area (Å²) in [4.78, 5) is 16.5. The number of hydrogen-bond donors (Lipinski definition) is 2. The van der Waals surface area contributed by atoms with E-state index in [0.717, 1.165) is 16.7 Å². The SMILES string of the molecule is CC(=NNC(=O)c1cccc(S(=O)(=O)Nc2ccc(C)cc2C)c1)c1cccnc1. The number of nitrogens with one attached hydrogen (secondary N) is 2. The zero-order chi connectivity index (χ0) is 21.7. The second-order valence-corrected chi connectivity index (χ2v) is 8.51. The summed E-state index contributed by atoms with van der Waals surface area (Å²) in [5.41, 5.74) is 6.32. The number of hydrazone groups is 1. The Balaban J connectivity index is 1.78. The number of benzene rings is 2. The number of hydrogen-bond acceptors (Lipinski definition) is 5. The minimum Gasteiger partial charge on any atom is -0.279 e. The maximum atomic E-state index is 12.8. The maximum absolute atomic E-state index is 12.8. The predicted octanol–water partition coefficient (Wildman–Crippen LogP) is 3.65. The van der Waals surface area contributed by atoms with Gasteiger partial charge >= 0.3 is 0 Å². The minimum atomic E-state index is -3.85. The van der Waals surface area contributed by atoms with E-state index >= 15 is 0 Å². The molecule has 0 atom stereocenters. The Morgan fingerprint density at radius 3 is 2.47 bits per heavy atom. The van der Waals surface area contributed by atoms with Crippen molar-refractivity contribution in [2.75, 3.05) is 4.72 Å². The fourth-order valence-electron chi connectivity index (χ4n) is 2.78. The molecular formula is C22H22N4O3S. The van der Waals surface area contributed by atoms with Crippen molar-refractivity contribution in [3.63, 3.8) is 0 Å². The molecule has 0 radical (unpaired) electrons. The quantitative estimate of drug-likeness (QED) is 0.468. The number of carbonyl (C=O) groups is 1. The van der Waals surface area contributed by atoms with Crippen LogP contribution in [0.2, 0.25) is 0 Å². The van der Waals surface area contributed by atoms with E-state index in [4.69, 9.17) is 0 Å². The molecule has 3 rings (SSSR count). The number of aromatic nitrogens is 1. The Kier molecular flexibility index (Phi) is 6.27. The average molecular weight is 423 g/mol. The average Bonchev–Trinajstić information content (AvgIpc) is 2.74. The lowest BCUT2D eigenvalue weighted by Gasteiger charge is -2.12. The van der Waals surface area contributed by atoms with E-state index in [1.54, 1.807) is 31.5 Å². The van der Waals surface area contributed by atoms with E-state index < -0.39 is 15.9 Å². The van der Waals surface area contributed by atoms with E-state index in [1.165, 1.54) is 24.3 Å². The summed E-state index contributed by atoms with van der Waals surface area (Å²) in [6.07, 6.45) is 3.28. The van der Waals surface area contributed by atoms with E-state index in [9.17, 15) is 13.2 Å². The first-order valence-electron chi connectivity index (χ1n) is 9.21. The van der Waals surface area contributed by atoms with Crippen LogP contribution in [0.4, 0.5) is 5.69 Å². The Labute approximate surface area is 175 Å². The van der Waals surface area contributed by atoms with Gasteiger partial charge in [-0.15, -0.1) is 0 Å². The van der Waals surface area contributed by atoms with Crippen LogP contribution < -0.4 is 10.1 Å². The summed E-state index contributed by atoms with van der Waals surface area (Å²) >= 11 is 0. The Morgan fingerprint density at radius 1 is 1.00 bits per heavy atom. The van der Waals surface area contributed by atoms with Gasteiger partial charge in [-0.05, 0) is 56.7 Å². The van der Waals surface area contributed by atoms with E-state index in [1.807, 2.05) is 32.0 Å². The molecule has 1 amide bonds. The number of aryl methyl sites for hydroxylation is 2. The number of pyridine rings is 1. The highest BCUT2D eigenvalue weighted by Gasteiger charge is 2.17. The summed E-state index contributed by atoms with van der Waals surface area (Å²) in [6, 6.07) is 14.8. The first-order chi connectivity index (χ1) is 14.3. The highest BCUT2D eigenvalue weighted by molar-refractivity contribution is 7.92. The molecule has 3 aromatic rings. The highest BCUT2D eigenvalue weighted by Crippen LogP contribution is 2.21. The molecule has 7 nitrogen and oxygen atoms in total. The van der Waals surface area contributed by atoms with Gasteiger partial charge in [-0.1, -0.05) is 29.8 Å². The van der Waals surface area contributed by atoms with Gasteiger partial charge < -0.3 is 0 Å². The monoisotopic (exact) mass is 422 g/mol. The van der Waals surface area contributed by atoms with Crippen molar-refractivity contribution < 1.29 is 13.2 Å². The zero-order valence-corrected chi connectivity index (χ0v) is 17.7. The van der Waals surface area contributed by atoms with Crippen LogP contribution in [0.3, 0.4) is 0 Å². The van der Waals surface area contributed by atoms with Gasteiger partial charge in [-0.2, -0.15) is 5.10 Å². The fraction of sp³-hybridized carbons (Fsp3) is 0.136. The molecule has 0 aliphatic heterocycles. The largest absolute Gasteiger partial charge is 0.279 e. The molecule has 0 unspecified atom stereocenters. The first kappa shape index (κ1) is 21.2. The van der Waals surface area contributed by atoms with Crippen LogP contribution in [0.25, 0.3) is 0 Å². The molecular weight excluding hydrogens is 400 g/mol. The van der Waals surface area contributed by atoms with Crippen molar-refractivity contribution in [3.05, 3.63) is 89.2 Å². The molecule has 0 saturated heterocycles. The molecule has 2 N–H and O–H groups in total. The maximum Gasteiger partial charge on any atom is 0.271 e. The second kappa shape index (κ2) is 8.87. The van der Waals surface area contributed by atoms with Gasteiger partial charge in [-0.25, -0.2) is 13.8 Å². The Morgan fingerprint density at radius 2 is 1.77 bits per heavy atom. The summed E-state index contributed by atoms with van der Waals surface area (Å²) in [7, 11) is -3.85. The molecule has 0 aliphatic carbocycles. The second-order valence-electron chi connectivity index (χ2n) is 6.83. The van der Waals surface area contributed by atoms with Crippen molar-refractivity contribution in [1.82, 2.24) is 10.4 Å². The van der Waals surface area contributed by atoms with Crippen molar-refractivity contribution in [2.24, 2.45) is 5.10 Å². The minimum absolute atomic E-state index is 0.0110. The van der Waals surface area contributed by atoms with Crippen molar-refractivity contribution in [1.29, 1.82) is 0 Å². The standard InChI is InChI=1S/C22H22N4O3S/c1-15-9-10-21(16(2)12-15)26-30(28,29)20-8-4-6-18(13-20)22(27)25-24-17(3)19-7-5-11-23-14-19/h4-14,26H,1-3H3,(H,25,27). The van der Waals surface area contributed by atoms with Gasteiger partial charge in [0.2, 0.25) is 0 Å². The predicted molar refractivity (Wildman–Crippen MR) is 117 cm³/mol. The lowest BCUT2D eigenvalue weighted by molar-refractivity contribution is 0.0954. The normalized spacial score (nSPS) is 11.8. The Bertz CT molecular complexity index is 1210. The smallest absolute Gasteiger partial charge is 0.271 e. The molecule has 0 aliphatic rings. The molecule has 2 aromatic carbocycles. The van der Waals surface area contributed by atoms with Gasteiger partial charge in [0.25, 0.3) is 15.9 Å². The summed E-state index contributed by atoms with van der Waals surface area (Å²) in [5, 5.41) is 4.06. The number of sulfonamides is 1. The molecule has 1 heterocycles. The first-order valence-corrected chi connectivity index (χ1v) is 10.7. The molecule has 8 heteroatoms. The third-order valence-electron chi connectivity index (χ3n) is 4.44. The van der Waals surface area contributed by atoms with Gasteiger partial charge in [0, 0.05) is 23.5 Å². The summed E-state index contributed by atoms with van der Waals surface area (Å²) < 4.78 is 28.1. The van der Waals surface area contributed by atoms with Crippen molar-refractivity contribution in [3.8, 4) is 0 Å². The van der Waals surface area contributed by atoms with Gasteiger partial charge in [0.1, 0.15) is 0 Å². The summed E-state index contributed by atoms with van der Waals surface area (Å²) in [5.74, 6) is -0.512. The number of carbonyl (C=O) groups excluding carboxylic acids is 1. The van der Waals surface area contributed by atoms with Crippen LogP contribution in [0.5, 0.6) is 0 Å². The zero-order valence-electron chi connectivity index (χ0n) is 16.9. The van der Waals surface area contributed by atoms with Crippen LogP contribution in [-0.4, -0.2) is 25.0 Å². The third kappa shape index (κ3) is 5.09. The van der Waals surface area contributed by atoms with Crippen LogP contribution in [0.1, 0.15) is 34.0 Å². The fourth-order valence-corrected chi connectivity index (χ4v) is 3.95.